The van der Waals surface area contributed by atoms with E-state index < -0.39 is 0 Å². The Bertz CT molecular complexity index is 683. The van der Waals surface area contributed by atoms with Crippen LogP contribution in [-0.2, 0) is 0 Å². The van der Waals surface area contributed by atoms with Gasteiger partial charge in [-0.25, -0.2) is 4.98 Å². The number of nitrogens with one attached hydrogen (secondary N) is 1. The SMILES string of the molecule is CCCCCCSc1ccc(-c2nc3ccccc3[nH]2)cc1. The van der Waals surface area contributed by atoms with Gasteiger partial charge in [-0.05, 0) is 36.4 Å². The molecular formula is C19H22N2S. The highest BCUT2D eigenvalue weighted by atomic mass is 32.2. The molecule has 3 aromatic rings. The highest BCUT2D eigenvalue weighted by Gasteiger charge is 2.04. The number of thioether (sulfide) groups is 1. The van der Waals surface area contributed by atoms with E-state index in [1.807, 2.05) is 30.0 Å². The number of hydrogen-bond acceptors (Lipinski definition) is 2. The summed E-state index contributed by atoms with van der Waals surface area (Å²) in [6.07, 6.45) is 5.31. The number of rotatable bonds is 7. The third-order valence-corrected chi connectivity index (χ3v) is 4.88. The maximum Gasteiger partial charge on any atom is 0.138 e. The smallest absolute Gasteiger partial charge is 0.138 e. The van der Waals surface area contributed by atoms with Gasteiger partial charge >= 0.3 is 0 Å². The number of aromatic nitrogens is 2. The van der Waals surface area contributed by atoms with E-state index in [1.165, 1.54) is 36.3 Å². The van der Waals surface area contributed by atoms with Crippen LogP contribution in [0.5, 0.6) is 0 Å². The summed E-state index contributed by atoms with van der Waals surface area (Å²) in [5.74, 6) is 2.16. The van der Waals surface area contributed by atoms with E-state index in [0.29, 0.717) is 0 Å². The van der Waals surface area contributed by atoms with Crippen molar-refractivity contribution in [1.29, 1.82) is 0 Å². The van der Waals surface area contributed by atoms with Gasteiger partial charge in [0, 0.05) is 10.5 Å². The number of fused-ring (bicyclic) bond motifs is 1. The van der Waals surface area contributed by atoms with E-state index in [1.54, 1.807) is 0 Å². The Balaban J connectivity index is 1.63. The van der Waals surface area contributed by atoms with Gasteiger partial charge in [-0.2, -0.15) is 0 Å². The predicted octanol–water partition coefficient (Wildman–Crippen LogP) is 5.90. The van der Waals surface area contributed by atoms with Crippen LogP contribution in [0.3, 0.4) is 0 Å². The van der Waals surface area contributed by atoms with Crippen LogP contribution >= 0.6 is 11.8 Å². The highest BCUT2D eigenvalue weighted by Crippen LogP contribution is 2.25. The molecule has 0 amide bonds. The van der Waals surface area contributed by atoms with E-state index in [0.717, 1.165) is 22.4 Å². The van der Waals surface area contributed by atoms with Crippen molar-refractivity contribution in [3.05, 3.63) is 48.5 Å². The minimum absolute atomic E-state index is 0.945. The quantitative estimate of drug-likeness (QED) is 0.434. The Kier molecular flexibility index (Phi) is 5.17. The lowest BCUT2D eigenvalue weighted by molar-refractivity contribution is 0.706. The Labute approximate surface area is 136 Å². The molecule has 1 aromatic heterocycles. The molecule has 0 bridgehead atoms. The molecule has 1 N–H and O–H groups in total. The third-order valence-electron chi connectivity index (χ3n) is 3.78. The van der Waals surface area contributed by atoms with E-state index >= 15 is 0 Å². The number of imidazole rings is 1. The minimum Gasteiger partial charge on any atom is -0.338 e. The summed E-state index contributed by atoms with van der Waals surface area (Å²) in [6.45, 7) is 2.25. The summed E-state index contributed by atoms with van der Waals surface area (Å²) in [5.41, 5.74) is 3.25. The van der Waals surface area contributed by atoms with Crippen molar-refractivity contribution < 1.29 is 0 Å². The molecule has 3 heteroatoms. The van der Waals surface area contributed by atoms with Crippen molar-refractivity contribution in [2.45, 2.75) is 37.5 Å². The number of H-pyrrole nitrogens is 1. The predicted molar refractivity (Wildman–Crippen MR) is 96.4 cm³/mol. The largest absolute Gasteiger partial charge is 0.338 e. The molecule has 2 nitrogen and oxygen atoms in total. The minimum atomic E-state index is 0.945. The van der Waals surface area contributed by atoms with E-state index in [4.69, 9.17) is 0 Å². The summed E-state index contributed by atoms with van der Waals surface area (Å²) in [5, 5.41) is 0. The van der Waals surface area contributed by atoms with Crippen molar-refractivity contribution in [1.82, 2.24) is 9.97 Å². The van der Waals surface area contributed by atoms with Gasteiger partial charge in [0.05, 0.1) is 11.0 Å². The van der Waals surface area contributed by atoms with E-state index in [-0.39, 0.29) is 0 Å². The molecule has 0 atom stereocenters. The maximum atomic E-state index is 4.65. The van der Waals surface area contributed by atoms with Crippen molar-refractivity contribution in [2.24, 2.45) is 0 Å². The molecule has 2 aromatic carbocycles. The fourth-order valence-electron chi connectivity index (χ4n) is 2.52. The van der Waals surface area contributed by atoms with E-state index in [9.17, 15) is 0 Å². The number of nitrogens with zero attached hydrogens (tertiary/aromatic N) is 1. The molecule has 0 saturated carbocycles. The molecule has 0 unspecified atom stereocenters. The van der Waals surface area contributed by atoms with Crippen molar-refractivity contribution in [2.75, 3.05) is 5.75 Å². The molecule has 0 fully saturated rings. The van der Waals surface area contributed by atoms with Gasteiger partial charge < -0.3 is 4.98 Å². The zero-order chi connectivity index (χ0) is 15.2. The molecule has 114 valence electrons. The van der Waals surface area contributed by atoms with Gasteiger partial charge in [0.25, 0.3) is 0 Å². The molecule has 0 saturated heterocycles. The first kappa shape index (κ1) is 15.2. The van der Waals surface area contributed by atoms with E-state index in [2.05, 4.69) is 47.2 Å². The van der Waals surface area contributed by atoms with Crippen molar-refractivity contribution in [3.63, 3.8) is 0 Å². The van der Waals surface area contributed by atoms with Gasteiger partial charge in [-0.3, -0.25) is 0 Å². The summed E-state index contributed by atoms with van der Waals surface area (Å²) in [4.78, 5) is 9.37. The Morgan fingerprint density at radius 3 is 2.55 bits per heavy atom. The molecule has 0 radical (unpaired) electrons. The number of benzene rings is 2. The second-order valence-electron chi connectivity index (χ2n) is 5.54. The zero-order valence-electron chi connectivity index (χ0n) is 13.0. The number of aromatic amines is 1. The fraction of sp³-hybridized carbons (Fsp3) is 0.316. The fourth-order valence-corrected chi connectivity index (χ4v) is 3.43. The van der Waals surface area contributed by atoms with Crippen LogP contribution in [-0.4, -0.2) is 15.7 Å². The topological polar surface area (TPSA) is 28.7 Å². The van der Waals surface area contributed by atoms with Gasteiger partial charge in [-0.1, -0.05) is 50.5 Å². The van der Waals surface area contributed by atoms with Gasteiger partial charge in [-0.15, -0.1) is 11.8 Å². The highest BCUT2D eigenvalue weighted by molar-refractivity contribution is 7.99. The van der Waals surface area contributed by atoms with Crippen LogP contribution in [0.15, 0.2) is 53.4 Å². The monoisotopic (exact) mass is 310 g/mol. The summed E-state index contributed by atoms with van der Waals surface area (Å²) in [6, 6.07) is 16.9. The maximum absolute atomic E-state index is 4.65. The van der Waals surface area contributed by atoms with Crippen LogP contribution in [0.1, 0.15) is 32.6 Å². The number of hydrogen-bond donors (Lipinski definition) is 1. The lowest BCUT2D eigenvalue weighted by Crippen LogP contribution is -1.83. The molecule has 22 heavy (non-hydrogen) atoms. The van der Waals surface area contributed by atoms with Crippen LogP contribution in [0.2, 0.25) is 0 Å². The van der Waals surface area contributed by atoms with Crippen molar-refractivity contribution >= 4 is 22.8 Å². The number of para-hydroxylation sites is 2. The lowest BCUT2D eigenvalue weighted by atomic mass is 10.2. The molecule has 0 aliphatic heterocycles. The number of unbranched alkanes of at least 4 members (excludes halogenated alkanes) is 3. The first-order chi connectivity index (χ1) is 10.9. The van der Waals surface area contributed by atoms with Crippen LogP contribution in [0.25, 0.3) is 22.4 Å². The van der Waals surface area contributed by atoms with Gasteiger partial charge in [0.2, 0.25) is 0 Å². The second-order valence-corrected chi connectivity index (χ2v) is 6.70. The van der Waals surface area contributed by atoms with Crippen LogP contribution in [0.4, 0.5) is 0 Å². The molecule has 0 aliphatic rings. The first-order valence-electron chi connectivity index (χ1n) is 8.05. The summed E-state index contributed by atoms with van der Waals surface area (Å²) >= 11 is 1.95. The molecule has 3 rings (SSSR count). The second kappa shape index (κ2) is 7.50. The third kappa shape index (κ3) is 3.72. The summed E-state index contributed by atoms with van der Waals surface area (Å²) < 4.78 is 0. The van der Waals surface area contributed by atoms with Crippen molar-refractivity contribution in [3.8, 4) is 11.4 Å². The van der Waals surface area contributed by atoms with Crippen LogP contribution < -0.4 is 0 Å². The first-order valence-corrected chi connectivity index (χ1v) is 9.03. The zero-order valence-corrected chi connectivity index (χ0v) is 13.8. The van der Waals surface area contributed by atoms with Gasteiger partial charge in [0.1, 0.15) is 5.82 Å². The lowest BCUT2D eigenvalue weighted by Gasteiger charge is -2.03. The Morgan fingerprint density at radius 1 is 0.955 bits per heavy atom. The van der Waals surface area contributed by atoms with Crippen LogP contribution in [0, 0.1) is 0 Å². The summed E-state index contributed by atoms with van der Waals surface area (Å²) in [7, 11) is 0. The standard InChI is InChI=1S/C19H22N2S/c1-2-3-4-7-14-22-16-12-10-15(11-13-16)19-20-17-8-5-6-9-18(17)21-19/h5-6,8-13H,2-4,7,14H2,1H3,(H,20,21). The molecule has 0 spiro atoms. The molecule has 1 heterocycles. The molecular weight excluding hydrogens is 288 g/mol. The molecule has 0 aliphatic carbocycles. The normalized spacial score (nSPS) is 11.1. The Morgan fingerprint density at radius 2 is 1.77 bits per heavy atom. The average molecular weight is 310 g/mol. The average Bonchev–Trinajstić information content (AvgIpc) is 2.99. The van der Waals surface area contributed by atoms with Gasteiger partial charge in [0.15, 0.2) is 0 Å². The Hall–Kier alpha value is -1.74.